The first-order valence-corrected chi connectivity index (χ1v) is 9.60. The van der Waals surface area contributed by atoms with Crippen LogP contribution in [0.5, 0.6) is 0 Å². The van der Waals surface area contributed by atoms with Crippen LogP contribution in [0.4, 0.5) is 10.1 Å². The number of nitrogen functional groups attached to an aromatic ring is 1. The predicted molar refractivity (Wildman–Crippen MR) is 78.1 cm³/mol. The van der Waals surface area contributed by atoms with Crippen LogP contribution in [0.2, 0.25) is 0 Å². The van der Waals surface area contributed by atoms with Crippen LogP contribution in [0.15, 0.2) is 23.1 Å². The molecule has 2 N–H and O–H groups in total. The number of anilines is 1. The molecular weight excluding hydrogens is 301 g/mol. The van der Waals surface area contributed by atoms with Crippen molar-refractivity contribution in [2.75, 3.05) is 12.0 Å². The molecule has 1 aromatic rings. The fourth-order valence-electron chi connectivity index (χ4n) is 2.51. The summed E-state index contributed by atoms with van der Waals surface area (Å²) in [6, 6.07) is 4.10. The number of benzene rings is 1. The molecule has 0 radical (unpaired) electrons. The summed E-state index contributed by atoms with van der Waals surface area (Å²) in [5.74, 6) is -0.591. The molecule has 2 rings (SSSR count). The lowest BCUT2D eigenvalue weighted by atomic mass is 10.00. The zero-order valence-corrected chi connectivity index (χ0v) is 12.8. The second-order valence-electron chi connectivity index (χ2n) is 5.22. The van der Waals surface area contributed by atoms with Gasteiger partial charge in [-0.2, -0.15) is 0 Å². The maximum Gasteiger partial charge on any atom is 0.150 e. The number of nitrogens with two attached hydrogens (primary N) is 1. The third-order valence-electron chi connectivity index (χ3n) is 3.69. The van der Waals surface area contributed by atoms with Crippen LogP contribution in [0, 0.1) is 5.82 Å². The second-order valence-corrected chi connectivity index (χ2v) is 9.28. The fourth-order valence-corrected chi connectivity index (χ4v) is 5.40. The normalized spacial score (nSPS) is 25.3. The summed E-state index contributed by atoms with van der Waals surface area (Å²) < 4.78 is 49.1. The molecule has 0 amide bonds. The van der Waals surface area contributed by atoms with E-state index in [2.05, 4.69) is 0 Å². The Morgan fingerprint density at radius 3 is 2.65 bits per heavy atom. The summed E-state index contributed by atoms with van der Waals surface area (Å²) in [4.78, 5) is 0.371. The zero-order valence-electron chi connectivity index (χ0n) is 11.2. The fraction of sp³-hybridized carbons (Fsp3) is 0.538. The van der Waals surface area contributed by atoms with E-state index in [1.165, 1.54) is 18.4 Å². The van der Waals surface area contributed by atoms with Gasteiger partial charge in [-0.3, -0.25) is 4.21 Å². The van der Waals surface area contributed by atoms with Gasteiger partial charge in [0.25, 0.3) is 0 Å². The summed E-state index contributed by atoms with van der Waals surface area (Å²) in [7, 11) is -4.52. The van der Waals surface area contributed by atoms with E-state index in [0.29, 0.717) is 24.2 Å². The van der Waals surface area contributed by atoms with Gasteiger partial charge in [0.1, 0.15) is 15.7 Å². The molecule has 1 aliphatic rings. The van der Waals surface area contributed by atoms with Crippen LogP contribution >= 0.6 is 0 Å². The van der Waals surface area contributed by atoms with Crippen molar-refractivity contribution in [2.24, 2.45) is 0 Å². The van der Waals surface area contributed by atoms with Gasteiger partial charge in [0, 0.05) is 16.4 Å². The summed E-state index contributed by atoms with van der Waals surface area (Å²) >= 11 is 0. The number of hydrogen-bond acceptors (Lipinski definition) is 4. The van der Waals surface area contributed by atoms with Gasteiger partial charge in [-0.05, 0) is 37.5 Å². The molecule has 1 fully saturated rings. The standard InChI is InChI=1S/C13H18FNO3S2/c1-20(17,18)11-4-2-3-9(7-11)19(16)10-5-6-13(15)12(14)8-10/h5-6,8-9,11H,2-4,7,15H2,1H3. The summed E-state index contributed by atoms with van der Waals surface area (Å²) in [5, 5.41) is -0.685. The Kier molecular flexibility index (Phi) is 4.49. The van der Waals surface area contributed by atoms with Crippen molar-refractivity contribution in [3.05, 3.63) is 24.0 Å². The third kappa shape index (κ3) is 3.38. The molecule has 20 heavy (non-hydrogen) atoms. The van der Waals surface area contributed by atoms with E-state index in [1.807, 2.05) is 0 Å². The van der Waals surface area contributed by atoms with Crippen molar-refractivity contribution < 1.29 is 17.0 Å². The van der Waals surface area contributed by atoms with Crippen LogP contribution in [-0.4, -0.2) is 29.4 Å². The van der Waals surface area contributed by atoms with Gasteiger partial charge in [0.2, 0.25) is 0 Å². The number of sulfone groups is 1. The molecule has 1 aliphatic carbocycles. The predicted octanol–water partition coefficient (Wildman–Crippen LogP) is 1.87. The van der Waals surface area contributed by atoms with E-state index >= 15 is 0 Å². The lowest BCUT2D eigenvalue weighted by Crippen LogP contribution is -2.32. The Bertz CT molecular complexity index is 631. The molecule has 7 heteroatoms. The quantitative estimate of drug-likeness (QED) is 0.863. The van der Waals surface area contributed by atoms with Crippen molar-refractivity contribution >= 4 is 26.3 Å². The molecule has 0 saturated heterocycles. The Morgan fingerprint density at radius 2 is 2.05 bits per heavy atom. The second kappa shape index (κ2) is 5.81. The van der Waals surface area contributed by atoms with Crippen LogP contribution < -0.4 is 5.73 Å². The molecule has 0 aliphatic heterocycles. The molecule has 0 spiro atoms. The highest BCUT2D eigenvalue weighted by molar-refractivity contribution is 7.91. The van der Waals surface area contributed by atoms with Crippen LogP contribution in [0.3, 0.4) is 0 Å². The minimum absolute atomic E-state index is 0.0170. The minimum Gasteiger partial charge on any atom is -0.396 e. The first-order valence-electron chi connectivity index (χ1n) is 6.43. The average Bonchev–Trinajstić information content (AvgIpc) is 2.40. The van der Waals surface area contributed by atoms with Crippen molar-refractivity contribution in [3.8, 4) is 0 Å². The average molecular weight is 319 g/mol. The first kappa shape index (κ1) is 15.4. The molecule has 1 aromatic carbocycles. The van der Waals surface area contributed by atoms with Crippen molar-refractivity contribution in [2.45, 2.75) is 41.1 Å². The molecule has 4 nitrogen and oxygen atoms in total. The van der Waals surface area contributed by atoms with E-state index in [1.54, 1.807) is 6.07 Å². The van der Waals surface area contributed by atoms with E-state index in [-0.39, 0.29) is 10.9 Å². The lowest BCUT2D eigenvalue weighted by molar-refractivity contribution is 0.487. The van der Waals surface area contributed by atoms with Gasteiger partial charge in [-0.1, -0.05) is 6.42 Å². The van der Waals surface area contributed by atoms with Gasteiger partial charge in [-0.15, -0.1) is 0 Å². The monoisotopic (exact) mass is 319 g/mol. The first-order chi connectivity index (χ1) is 9.29. The highest BCUT2D eigenvalue weighted by atomic mass is 32.2. The van der Waals surface area contributed by atoms with Gasteiger partial charge >= 0.3 is 0 Å². The minimum atomic E-state index is -3.12. The van der Waals surface area contributed by atoms with E-state index in [9.17, 15) is 17.0 Å². The Balaban J connectivity index is 2.18. The highest BCUT2D eigenvalue weighted by Gasteiger charge is 2.32. The number of hydrogen-bond donors (Lipinski definition) is 1. The SMILES string of the molecule is CS(=O)(=O)C1CCCC(S(=O)c2ccc(N)c(F)c2)C1. The van der Waals surface area contributed by atoms with Crippen molar-refractivity contribution in [3.63, 3.8) is 0 Å². The van der Waals surface area contributed by atoms with Gasteiger partial charge < -0.3 is 5.73 Å². The molecule has 3 atom stereocenters. The molecule has 3 unspecified atom stereocenters. The Morgan fingerprint density at radius 1 is 1.35 bits per heavy atom. The van der Waals surface area contributed by atoms with Gasteiger partial charge in [0.05, 0.1) is 21.7 Å². The van der Waals surface area contributed by atoms with Gasteiger partial charge in [0.15, 0.2) is 0 Å². The van der Waals surface area contributed by atoms with Crippen LogP contribution in [-0.2, 0) is 20.6 Å². The van der Waals surface area contributed by atoms with Crippen LogP contribution in [0.25, 0.3) is 0 Å². The summed E-state index contributed by atoms with van der Waals surface area (Å²) in [6.45, 7) is 0. The number of halogens is 1. The zero-order chi connectivity index (χ0) is 14.9. The smallest absolute Gasteiger partial charge is 0.150 e. The molecular formula is C13H18FNO3S2. The largest absolute Gasteiger partial charge is 0.396 e. The Labute approximate surface area is 120 Å². The molecule has 0 bridgehead atoms. The van der Waals surface area contributed by atoms with E-state index in [4.69, 9.17) is 5.73 Å². The summed E-state index contributed by atoms with van der Waals surface area (Å²) in [6.07, 6.45) is 3.63. The maximum atomic E-state index is 13.4. The van der Waals surface area contributed by atoms with E-state index in [0.717, 1.165) is 6.42 Å². The van der Waals surface area contributed by atoms with Crippen molar-refractivity contribution in [1.82, 2.24) is 0 Å². The van der Waals surface area contributed by atoms with Gasteiger partial charge in [-0.25, -0.2) is 12.8 Å². The molecule has 0 heterocycles. The topological polar surface area (TPSA) is 77.2 Å². The molecule has 1 saturated carbocycles. The lowest BCUT2D eigenvalue weighted by Gasteiger charge is -2.27. The molecule has 0 aromatic heterocycles. The summed E-state index contributed by atoms with van der Waals surface area (Å²) in [5.41, 5.74) is 5.41. The van der Waals surface area contributed by atoms with E-state index < -0.39 is 31.7 Å². The third-order valence-corrected chi connectivity index (χ3v) is 7.08. The maximum absolute atomic E-state index is 13.4. The molecule has 112 valence electrons. The highest BCUT2D eigenvalue weighted by Crippen LogP contribution is 2.30. The number of rotatable bonds is 3. The Hall–Kier alpha value is -0.950. The van der Waals surface area contributed by atoms with Crippen LogP contribution in [0.1, 0.15) is 25.7 Å². The van der Waals surface area contributed by atoms with Crippen molar-refractivity contribution in [1.29, 1.82) is 0 Å².